The molecule has 1 aromatic carbocycles. The number of ketones is 1. The molecule has 0 aliphatic carbocycles. The molecule has 0 amide bonds. The highest BCUT2D eigenvalue weighted by atomic mass is 35.5. The number of nitrogens with zero attached hydrogens (tertiary/aromatic N) is 1. The van der Waals surface area contributed by atoms with Crippen molar-refractivity contribution in [1.82, 2.24) is 0 Å². The van der Waals surface area contributed by atoms with Gasteiger partial charge in [0.1, 0.15) is 0 Å². The van der Waals surface area contributed by atoms with Crippen LogP contribution >= 0.6 is 11.6 Å². The van der Waals surface area contributed by atoms with Crippen LogP contribution in [0.5, 0.6) is 0 Å². The summed E-state index contributed by atoms with van der Waals surface area (Å²) in [5, 5.41) is 12.7. The SMILES string of the molecule is CC(=O)c1cc(N2CCC(C)CC2)ccc1NCC(O)CCl. The molecule has 0 spiro atoms. The number of benzene rings is 1. The molecular formula is C17H25ClN2O2. The van der Waals surface area contributed by atoms with Gasteiger partial charge >= 0.3 is 0 Å². The maximum atomic E-state index is 11.9. The number of aliphatic hydroxyl groups excluding tert-OH is 1. The van der Waals surface area contributed by atoms with Crippen LogP contribution in [0.2, 0.25) is 0 Å². The monoisotopic (exact) mass is 324 g/mol. The maximum absolute atomic E-state index is 11.9. The van der Waals surface area contributed by atoms with Crippen LogP contribution in [0.4, 0.5) is 11.4 Å². The molecule has 0 saturated carbocycles. The van der Waals surface area contributed by atoms with E-state index >= 15 is 0 Å². The Balaban J connectivity index is 2.14. The summed E-state index contributed by atoms with van der Waals surface area (Å²) in [6.07, 6.45) is 1.76. The van der Waals surface area contributed by atoms with Crippen LogP contribution in [0.3, 0.4) is 0 Å². The van der Waals surface area contributed by atoms with E-state index in [0.717, 1.165) is 30.4 Å². The van der Waals surface area contributed by atoms with E-state index in [0.29, 0.717) is 12.1 Å². The topological polar surface area (TPSA) is 52.6 Å². The van der Waals surface area contributed by atoms with Gasteiger partial charge in [0.2, 0.25) is 0 Å². The Morgan fingerprint density at radius 1 is 1.45 bits per heavy atom. The number of carbonyl (C=O) groups excluding carboxylic acids is 1. The predicted octanol–water partition coefficient (Wildman–Crippen LogP) is 3.14. The molecule has 5 heteroatoms. The fraction of sp³-hybridized carbons (Fsp3) is 0.588. The molecule has 1 fully saturated rings. The summed E-state index contributed by atoms with van der Waals surface area (Å²) >= 11 is 5.60. The Bertz CT molecular complexity index is 513. The number of alkyl halides is 1. The number of nitrogens with one attached hydrogen (secondary N) is 1. The number of hydrogen-bond donors (Lipinski definition) is 2. The number of carbonyl (C=O) groups is 1. The van der Waals surface area contributed by atoms with Crippen molar-refractivity contribution in [2.75, 3.05) is 35.7 Å². The van der Waals surface area contributed by atoms with E-state index in [-0.39, 0.29) is 11.7 Å². The minimum absolute atomic E-state index is 0.0232. The Labute approximate surface area is 137 Å². The first-order valence-corrected chi connectivity index (χ1v) is 8.42. The van der Waals surface area contributed by atoms with Gasteiger partial charge in [-0.05, 0) is 43.9 Å². The molecule has 0 aromatic heterocycles. The quantitative estimate of drug-likeness (QED) is 0.623. The van der Waals surface area contributed by atoms with Gasteiger partial charge in [0.25, 0.3) is 0 Å². The van der Waals surface area contributed by atoms with Crippen LogP contribution in [0.25, 0.3) is 0 Å². The molecule has 1 aromatic rings. The molecular weight excluding hydrogens is 300 g/mol. The number of halogens is 1. The second-order valence-corrected chi connectivity index (χ2v) is 6.45. The van der Waals surface area contributed by atoms with E-state index in [1.807, 2.05) is 18.2 Å². The van der Waals surface area contributed by atoms with Crippen molar-refractivity contribution < 1.29 is 9.90 Å². The average Bonchev–Trinajstić information content (AvgIpc) is 2.53. The number of aliphatic hydroxyl groups is 1. The minimum atomic E-state index is -0.621. The molecule has 1 unspecified atom stereocenters. The highest BCUT2D eigenvalue weighted by molar-refractivity contribution is 6.18. The van der Waals surface area contributed by atoms with Crippen LogP contribution in [-0.2, 0) is 0 Å². The summed E-state index contributed by atoms with van der Waals surface area (Å²) in [4.78, 5) is 14.3. The first-order chi connectivity index (χ1) is 10.5. The van der Waals surface area contributed by atoms with Crippen molar-refractivity contribution in [3.63, 3.8) is 0 Å². The van der Waals surface area contributed by atoms with E-state index in [4.69, 9.17) is 11.6 Å². The molecule has 2 N–H and O–H groups in total. The van der Waals surface area contributed by atoms with E-state index in [1.54, 1.807) is 6.92 Å². The predicted molar refractivity (Wildman–Crippen MR) is 92.3 cm³/mol. The van der Waals surface area contributed by atoms with Crippen LogP contribution in [0.1, 0.15) is 37.0 Å². The molecule has 122 valence electrons. The van der Waals surface area contributed by atoms with Gasteiger partial charge < -0.3 is 15.3 Å². The summed E-state index contributed by atoms with van der Waals surface area (Å²) in [5.41, 5.74) is 2.52. The molecule has 1 atom stereocenters. The van der Waals surface area contributed by atoms with Gasteiger partial charge in [0.05, 0.1) is 12.0 Å². The highest BCUT2D eigenvalue weighted by Crippen LogP contribution is 2.27. The first-order valence-electron chi connectivity index (χ1n) is 7.89. The fourth-order valence-electron chi connectivity index (χ4n) is 2.72. The zero-order valence-corrected chi connectivity index (χ0v) is 14.1. The Hall–Kier alpha value is -1.26. The molecule has 1 aliphatic heterocycles. The minimum Gasteiger partial charge on any atom is -0.390 e. The van der Waals surface area contributed by atoms with Gasteiger partial charge in [-0.15, -0.1) is 11.6 Å². The maximum Gasteiger partial charge on any atom is 0.161 e. The largest absolute Gasteiger partial charge is 0.390 e. The van der Waals surface area contributed by atoms with Crippen molar-refractivity contribution in [3.8, 4) is 0 Å². The number of Topliss-reactive ketones (excluding diaryl/α,β-unsaturated/α-hetero) is 1. The van der Waals surface area contributed by atoms with Gasteiger partial charge in [-0.3, -0.25) is 4.79 Å². The third-order valence-electron chi connectivity index (χ3n) is 4.24. The van der Waals surface area contributed by atoms with Crippen molar-refractivity contribution in [2.24, 2.45) is 5.92 Å². The average molecular weight is 325 g/mol. The summed E-state index contributed by atoms with van der Waals surface area (Å²) in [6.45, 7) is 6.27. The third kappa shape index (κ3) is 4.37. The van der Waals surface area contributed by atoms with Crippen LogP contribution in [0, 0.1) is 5.92 Å². The lowest BCUT2D eigenvalue weighted by atomic mass is 9.98. The summed E-state index contributed by atoms with van der Waals surface area (Å²) in [7, 11) is 0. The lowest BCUT2D eigenvalue weighted by molar-refractivity contribution is 0.101. The summed E-state index contributed by atoms with van der Waals surface area (Å²) in [5.74, 6) is 0.975. The summed E-state index contributed by atoms with van der Waals surface area (Å²) < 4.78 is 0. The molecule has 2 rings (SSSR count). The molecule has 1 aliphatic rings. The third-order valence-corrected chi connectivity index (χ3v) is 4.59. The van der Waals surface area contributed by atoms with Crippen LogP contribution in [0.15, 0.2) is 18.2 Å². The Morgan fingerprint density at radius 2 is 2.14 bits per heavy atom. The van der Waals surface area contributed by atoms with E-state index in [9.17, 15) is 9.90 Å². The molecule has 0 radical (unpaired) electrons. The Morgan fingerprint density at radius 3 is 2.73 bits per heavy atom. The number of hydrogen-bond acceptors (Lipinski definition) is 4. The van der Waals surface area contributed by atoms with Crippen LogP contribution in [-0.4, -0.2) is 42.5 Å². The highest BCUT2D eigenvalue weighted by Gasteiger charge is 2.18. The number of piperidine rings is 1. The van der Waals surface area contributed by atoms with Crippen LogP contribution < -0.4 is 10.2 Å². The molecule has 1 heterocycles. The second-order valence-electron chi connectivity index (χ2n) is 6.14. The van der Waals surface area contributed by atoms with Gasteiger partial charge in [-0.2, -0.15) is 0 Å². The lowest BCUT2D eigenvalue weighted by Crippen LogP contribution is -2.32. The van der Waals surface area contributed by atoms with E-state index < -0.39 is 6.10 Å². The van der Waals surface area contributed by atoms with Gasteiger partial charge in [-0.1, -0.05) is 6.92 Å². The van der Waals surface area contributed by atoms with Gasteiger partial charge in [0, 0.05) is 36.6 Å². The van der Waals surface area contributed by atoms with E-state index in [2.05, 4.69) is 17.1 Å². The van der Waals surface area contributed by atoms with Gasteiger partial charge in [0.15, 0.2) is 5.78 Å². The lowest BCUT2D eigenvalue weighted by Gasteiger charge is -2.32. The number of rotatable bonds is 6. The fourth-order valence-corrected chi connectivity index (χ4v) is 2.83. The van der Waals surface area contributed by atoms with Gasteiger partial charge in [-0.25, -0.2) is 0 Å². The number of anilines is 2. The normalized spacial score (nSPS) is 17.4. The smallest absolute Gasteiger partial charge is 0.161 e. The molecule has 22 heavy (non-hydrogen) atoms. The van der Waals surface area contributed by atoms with Crippen molar-refractivity contribution >= 4 is 28.8 Å². The van der Waals surface area contributed by atoms with Crippen molar-refractivity contribution in [1.29, 1.82) is 0 Å². The second kappa shape index (κ2) is 7.84. The van der Waals surface area contributed by atoms with E-state index in [1.165, 1.54) is 12.8 Å². The molecule has 4 nitrogen and oxygen atoms in total. The molecule has 1 saturated heterocycles. The standard InChI is InChI=1S/C17H25ClN2O2/c1-12-5-7-20(8-6-12)14-3-4-17(16(9-14)13(2)21)19-11-15(22)10-18/h3-4,9,12,15,19,22H,5-8,10-11H2,1-2H3. The van der Waals surface area contributed by atoms with Crippen molar-refractivity contribution in [2.45, 2.75) is 32.8 Å². The molecule has 0 bridgehead atoms. The first kappa shape index (κ1) is 17.1. The Kier molecular flexibility index (Phi) is 6.09. The zero-order valence-electron chi connectivity index (χ0n) is 13.3. The summed E-state index contributed by atoms with van der Waals surface area (Å²) in [6, 6.07) is 5.91. The van der Waals surface area contributed by atoms with Crippen molar-refractivity contribution in [3.05, 3.63) is 23.8 Å². The zero-order chi connectivity index (χ0) is 16.1.